The quantitative estimate of drug-likeness (QED) is 0.311. The molecule has 0 fully saturated rings. The van der Waals surface area contributed by atoms with Gasteiger partial charge < -0.3 is 19.6 Å². The monoisotopic (exact) mass is 284 g/mol. The molecular formula is C10H21O7P. The number of hydrogen-bond acceptors (Lipinski definition) is 5. The lowest BCUT2D eigenvalue weighted by Crippen LogP contribution is -2.23. The van der Waals surface area contributed by atoms with Crippen molar-refractivity contribution in [2.45, 2.75) is 45.1 Å². The normalized spacial score (nSPS) is 13.3. The molecule has 0 aromatic rings. The number of aliphatic hydroxyl groups is 1. The molecule has 108 valence electrons. The summed E-state index contributed by atoms with van der Waals surface area (Å²) in [5.41, 5.74) is 0. The summed E-state index contributed by atoms with van der Waals surface area (Å²) in [4.78, 5) is 27.9. The molecule has 0 heterocycles. The largest absolute Gasteiger partial charge is 0.469 e. The van der Waals surface area contributed by atoms with Crippen LogP contribution < -0.4 is 0 Å². The number of phosphoric acid groups is 1. The Morgan fingerprint density at radius 3 is 2.44 bits per heavy atom. The van der Waals surface area contributed by atoms with Crippen molar-refractivity contribution in [1.29, 1.82) is 0 Å². The van der Waals surface area contributed by atoms with Gasteiger partial charge in [-0.05, 0) is 6.42 Å². The Morgan fingerprint density at radius 2 is 1.89 bits per heavy atom. The maximum atomic E-state index is 11.2. The summed E-state index contributed by atoms with van der Waals surface area (Å²) in [6.07, 6.45) is 2.88. The van der Waals surface area contributed by atoms with Crippen molar-refractivity contribution in [2.75, 3.05) is 13.2 Å². The van der Waals surface area contributed by atoms with Crippen molar-refractivity contribution in [3.8, 4) is 0 Å². The van der Waals surface area contributed by atoms with E-state index < -0.39 is 26.5 Å². The molecular weight excluding hydrogens is 263 g/mol. The smallest absolute Gasteiger partial charge is 0.463 e. The molecule has 18 heavy (non-hydrogen) atoms. The Morgan fingerprint density at radius 1 is 1.22 bits per heavy atom. The van der Waals surface area contributed by atoms with Crippen molar-refractivity contribution in [3.05, 3.63) is 0 Å². The molecule has 3 N–H and O–H groups in total. The van der Waals surface area contributed by atoms with Gasteiger partial charge in [0.2, 0.25) is 0 Å². The number of carbonyl (C=O) groups excluding carboxylic acids is 1. The maximum Gasteiger partial charge on any atom is 0.469 e. The zero-order valence-electron chi connectivity index (χ0n) is 10.4. The topological polar surface area (TPSA) is 113 Å². The van der Waals surface area contributed by atoms with E-state index >= 15 is 0 Å². The minimum absolute atomic E-state index is 0.284. The summed E-state index contributed by atoms with van der Waals surface area (Å²) >= 11 is 0. The first-order valence-corrected chi connectivity index (χ1v) is 7.42. The number of ether oxygens (including phenoxy) is 1. The van der Waals surface area contributed by atoms with Crippen LogP contribution in [0, 0.1) is 0 Å². The van der Waals surface area contributed by atoms with Crippen molar-refractivity contribution in [2.24, 2.45) is 0 Å². The van der Waals surface area contributed by atoms with Crippen LogP contribution in [0.4, 0.5) is 0 Å². The van der Waals surface area contributed by atoms with E-state index in [1.54, 1.807) is 0 Å². The number of esters is 1. The van der Waals surface area contributed by atoms with E-state index in [4.69, 9.17) is 14.5 Å². The second-order valence-electron chi connectivity index (χ2n) is 3.93. The summed E-state index contributed by atoms with van der Waals surface area (Å²) in [6.45, 7) is 1.16. The highest BCUT2D eigenvalue weighted by atomic mass is 31.2. The molecule has 0 aliphatic heterocycles. The van der Waals surface area contributed by atoms with E-state index in [1.807, 2.05) is 0 Å². The molecule has 0 rings (SSSR count). The van der Waals surface area contributed by atoms with Crippen molar-refractivity contribution in [3.63, 3.8) is 0 Å². The third-order valence-electron chi connectivity index (χ3n) is 2.11. The number of unbranched alkanes of at least 4 members (excludes halogenated alkanes) is 3. The van der Waals surface area contributed by atoms with E-state index in [1.165, 1.54) is 0 Å². The lowest BCUT2D eigenvalue weighted by Gasteiger charge is -2.12. The van der Waals surface area contributed by atoms with E-state index in [0.717, 1.165) is 25.7 Å². The minimum atomic E-state index is -4.59. The molecule has 7 nitrogen and oxygen atoms in total. The summed E-state index contributed by atoms with van der Waals surface area (Å²) in [7, 11) is -4.59. The minimum Gasteiger partial charge on any atom is -0.463 e. The molecule has 8 heteroatoms. The molecule has 0 amide bonds. The molecule has 0 aromatic carbocycles. The number of carbonyl (C=O) groups is 1. The second-order valence-corrected chi connectivity index (χ2v) is 5.17. The van der Waals surface area contributed by atoms with Gasteiger partial charge in [0.15, 0.2) is 0 Å². The van der Waals surface area contributed by atoms with Crippen molar-refractivity contribution >= 4 is 13.8 Å². The van der Waals surface area contributed by atoms with Crippen LogP contribution in [0.3, 0.4) is 0 Å². The second kappa shape index (κ2) is 9.47. The molecule has 0 bridgehead atoms. The highest BCUT2D eigenvalue weighted by Gasteiger charge is 2.17. The first-order valence-electron chi connectivity index (χ1n) is 5.89. The summed E-state index contributed by atoms with van der Waals surface area (Å²) < 4.78 is 19.1. The van der Waals surface area contributed by atoms with Gasteiger partial charge in [0, 0.05) is 6.42 Å². The third-order valence-corrected chi connectivity index (χ3v) is 2.59. The lowest BCUT2D eigenvalue weighted by atomic mass is 10.2. The molecule has 1 atom stereocenters. The number of aliphatic hydroxyl groups excluding tert-OH is 1. The van der Waals surface area contributed by atoms with E-state index in [0.29, 0.717) is 0 Å². The predicted octanol–water partition coefficient (Wildman–Crippen LogP) is 0.970. The molecule has 0 aromatic heterocycles. The zero-order valence-corrected chi connectivity index (χ0v) is 11.3. The summed E-state index contributed by atoms with van der Waals surface area (Å²) in [5, 5.41) is 9.23. The van der Waals surface area contributed by atoms with Gasteiger partial charge in [-0.1, -0.05) is 26.2 Å². The van der Waals surface area contributed by atoms with Gasteiger partial charge in [0.25, 0.3) is 0 Å². The Hall–Kier alpha value is -0.460. The molecule has 0 radical (unpaired) electrons. The number of hydrogen-bond donors (Lipinski definition) is 3. The highest BCUT2D eigenvalue weighted by molar-refractivity contribution is 7.46. The molecule has 0 unspecified atom stereocenters. The van der Waals surface area contributed by atoms with E-state index in [-0.39, 0.29) is 13.0 Å². The Bertz CT molecular complexity index is 275. The van der Waals surface area contributed by atoms with Crippen LogP contribution in [0.25, 0.3) is 0 Å². The molecule has 0 aliphatic carbocycles. The first-order chi connectivity index (χ1) is 8.35. The van der Waals surface area contributed by atoms with E-state index in [2.05, 4.69) is 11.4 Å². The Labute approximate surface area is 106 Å². The molecule has 0 spiro atoms. The van der Waals surface area contributed by atoms with E-state index in [9.17, 15) is 14.5 Å². The SMILES string of the molecule is CCCCCCC(=O)OC[C@@H](O)COP(=O)(O)O. The van der Waals surface area contributed by atoms with Crippen molar-refractivity contribution in [1.82, 2.24) is 0 Å². The van der Waals surface area contributed by atoms with Crippen molar-refractivity contribution < 1.29 is 33.5 Å². The highest BCUT2D eigenvalue weighted by Crippen LogP contribution is 2.35. The molecule has 0 saturated carbocycles. The van der Waals surface area contributed by atoms with Gasteiger partial charge in [0.05, 0.1) is 6.61 Å². The summed E-state index contributed by atoms with van der Waals surface area (Å²) in [5.74, 6) is -0.429. The third kappa shape index (κ3) is 12.0. The van der Waals surface area contributed by atoms with Gasteiger partial charge in [-0.25, -0.2) is 4.57 Å². The fourth-order valence-electron chi connectivity index (χ4n) is 1.19. The number of phosphoric ester groups is 1. The predicted molar refractivity (Wildman–Crippen MR) is 63.7 cm³/mol. The fraction of sp³-hybridized carbons (Fsp3) is 0.900. The zero-order chi connectivity index (χ0) is 14.0. The van der Waals surface area contributed by atoms with Gasteiger partial charge >= 0.3 is 13.8 Å². The Kier molecular flexibility index (Phi) is 9.23. The van der Waals surface area contributed by atoms with Crippen LogP contribution >= 0.6 is 7.82 Å². The Balaban J connectivity index is 3.56. The van der Waals surface area contributed by atoms with Crippen LogP contribution in [0.15, 0.2) is 0 Å². The first kappa shape index (κ1) is 17.5. The summed E-state index contributed by atoms with van der Waals surface area (Å²) in [6, 6.07) is 0. The molecule has 0 aliphatic rings. The lowest BCUT2D eigenvalue weighted by molar-refractivity contribution is -0.147. The maximum absolute atomic E-state index is 11.2. The van der Waals surface area contributed by atoms with Gasteiger partial charge in [0.1, 0.15) is 12.7 Å². The van der Waals surface area contributed by atoms with Crippen LogP contribution in [0.5, 0.6) is 0 Å². The fourth-order valence-corrected chi connectivity index (χ4v) is 1.55. The average Bonchev–Trinajstić information content (AvgIpc) is 2.28. The van der Waals surface area contributed by atoms with Crippen LogP contribution in [0.2, 0.25) is 0 Å². The average molecular weight is 284 g/mol. The van der Waals surface area contributed by atoms with Crippen LogP contribution in [0.1, 0.15) is 39.0 Å². The van der Waals surface area contributed by atoms with Gasteiger partial charge in [-0.2, -0.15) is 0 Å². The molecule has 0 saturated heterocycles. The van der Waals surface area contributed by atoms with Gasteiger partial charge in [-0.15, -0.1) is 0 Å². The van der Waals surface area contributed by atoms with Gasteiger partial charge in [-0.3, -0.25) is 9.32 Å². The standard InChI is InChI=1S/C10H21O7P/c1-2-3-4-5-6-10(12)16-7-9(11)8-17-18(13,14)15/h9,11H,2-8H2,1H3,(H2,13,14,15)/t9-/m1/s1. The number of rotatable bonds is 10. The van der Waals surface area contributed by atoms with Crippen LogP contribution in [-0.4, -0.2) is 40.2 Å². The van der Waals surface area contributed by atoms with Crippen LogP contribution in [-0.2, 0) is 18.6 Å².